The van der Waals surface area contributed by atoms with Crippen LogP contribution in [0.3, 0.4) is 0 Å². The Labute approximate surface area is 147 Å². The Hall–Kier alpha value is -2.47. The lowest BCUT2D eigenvalue weighted by molar-refractivity contribution is 0.479. The van der Waals surface area contributed by atoms with Crippen LogP contribution in [0.25, 0.3) is 17.0 Å². The largest absolute Gasteiger partial charge is 0.365 e. The molecule has 1 saturated heterocycles. The summed E-state index contributed by atoms with van der Waals surface area (Å²) >= 11 is 0. The quantitative estimate of drug-likeness (QED) is 0.766. The molecule has 0 aromatic carbocycles. The molecule has 6 heteroatoms. The Morgan fingerprint density at radius 3 is 2.96 bits per heavy atom. The highest BCUT2D eigenvalue weighted by Gasteiger charge is 2.14. The van der Waals surface area contributed by atoms with Gasteiger partial charge < -0.3 is 10.6 Å². The van der Waals surface area contributed by atoms with E-state index in [2.05, 4.69) is 57.2 Å². The summed E-state index contributed by atoms with van der Waals surface area (Å²) in [6.45, 7) is 6.46. The van der Waals surface area contributed by atoms with Crippen molar-refractivity contribution in [3.63, 3.8) is 0 Å². The standard InChI is InChI=1S/C19H24N6/c1-13(2)14-5-6-19-22-10-17(25(19)12-14)16-9-21-11-18(24-16)23-15-4-3-7-20-8-15/h5-6,9-13,15,20H,3-4,7-8H2,1-2H3,(H,23,24)/t15-/m1/s1. The fourth-order valence-corrected chi connectivity index (χ4v) is 3.27. The Morgan fingerprint density at radius 2 is 2.16 bits per heavy atom. The summed E-state index contributed by atoms with van der Waals surface area (Å²) in [5.74, 6) is 1.29. The highest BCUT2D eigenvalue weighted by molar-refractivity contribution is 5.61. The van der Waals surface area contributed by atoms with Gasteiger partial charge in [-0.2, -0.15) is 0 Å². The third-order valence-electron chi connectivity index (χ3n) is 4.74. The lowest BCUT2D eigenvalue weighted by Crippen LogP contribution is -2.38. The number of fused-ring (bicyclic) bond motifs is 1. The summed E-state index contributed by atoms with van der Waals surface area (Å²) in [6.07, 6.45) is 9.96. The molecule has 6 nitrogen and oxygen atoms in total. The van der Waals surface area contributed by atoms with Crippen molar-refractivity contribution in [2.75, 3.05) is 18.4 Å². The maximum absolute atomic E-state index is 4.77. The normalized spacial score (nSPS) is 18.0. The minimum atomic E-state index is 0.410. The van der Waals surface area contributed by atoms with Crippen LogP contribution < -0.4 is 10.6 Å². The van der Waals surface area contributed by atoms with E-state index in [9.17, 15) is 0 Å². The van der Waals surface area contributed by atoms with Crippen molar-refractivity contribution in [1.82, 2.24) is 24.7 Å². The average molecular weight is 336 g/mol. The first-order valence-corrected chi connectivity index (χ1v) is 8.97. The van der Waals surface area contributed by atoms with Gasteiger partial charge in [0.15, 0.2) is 0 Å². The molecule has 25 heavy (non-hydrogen) atoms. The molecule has 0 bridgehead atoms. The second-order valence-electron chi connectivity index (χ2n) is 6.97. The van der Waals surface area contributed by atoms with E-state index in [-0.39, 0.29) is 0 Å². The molecule has 0 aliphatic carbocycles. The molecule has 130 valence electrons. The van der Waals surface area contributed by atoms with Gasteiger partial charge in [0.1, 0.15) is 17.2 Å². The van der Waals surface area contributed by atoms with Crippen LogP contribution in [0.15, 0.2) is 36.9 Å². The van der Waals surface area contributed by atoms with Gasteiger partial charge in [-0.3, -0.25) is 9.38 Å². The number of hydrogen-bond donors (Lipinski definition) is 2. The Kier molecular flexibility index (Phi) is 4.36. The minimum Gasteiger partial charge on any atom is -0.365 e. The van der Waals surface area contributed by atoms with Crippen LogP contribution >= 0.6 is 0 Å². The van der Waals surface area contributed by atoms with E-state index in [1.807, 2.05) is 6.20 Å². The number of anilines is 1. The molecule has 1 fully saturated rings. The van der Waals surface area contributed by atoms with Crippen LogP contribution in [0.2, 0.25) is 0 Å². The number of pyridine rings is 1. The summed E-state index contributed by atoms with van der Waals surface area (Å²) in [7, 11) is 0. The second kappa shape index (κ2) is 6.80. The molecule has 0 amide bonds. The molecule has 2 N–H and O–H groups in total. The lowest BCUT2D eigenvalue weighted by Gasteiger charge is -2.24. The maximum Gasteiger partial charge on any atom is 0.145 e. The molecule has 0 radical (unpaired) electrons. The average Bonchev–Trinajstić information content (AvgIpc) is 3.06. The van der Waals surface area contributed by atoms with Crippen LogP contribution in [0.1, 0.15) is 38.2 Å². The molecule has 1 aliphatic heterocycles. The molecule has 0 spiro atoms. The molecule has 3 aromatic heterocycles. The SMILES string of the molecule is CC(C)c1ccc2ncc(-c3cncc(N[C@@H]4CCCNC4)n3)n2c1. The molecule has 4 heterocycles. The number of aromatic nitrogens is 4. The number of rotatable bonds is 4. The Morgan fingerprint density at radius 1 is 1.24 bits per heavy atom. The molecule has 0 unspecified atom stereocenters. The van der Waals surface area contributed by atoms with Crippen LogP contribution in [0.5, 0.6) is 0 Å². The number of nitrogens with zero attached hydrogens (tertiary/aromatic N) is 4. The van der Waals surface area contributed by atoms with Gasteiger partial charge in [0.05, 0.1) is 24.3 Å². The van der Waals surface area contributed by atoms with Crippen molar-refractivity contribution >= 4 is 11.5 Å². The third kappa shape index (κ3) is 3.35. The van der Waals surface area contributed by atoms with Crippen molar-refractivity contribution in [1.29, 1.82) is 0 Å². The fourth-order valence-electron chi connectivity index (χ4n) is 3.27. The third-order valence-corrected chi connectivity index (χ3v) is 4.74. The first-order valence-electron chi connectivity index (χ1n) is 8.97. The number of nitrogens with one attached hydrogen (secondary N) is 2. The van der Waals surface area contributed by atoms with Gasteiger partial charge in [-0.25, -0.2) is 9.97 Å². The van der Waals surface area contributed by atoms with Gasteiger partial charge in [0.2, 0.25) is 0 Å². The van der Waals surface area contributed by atoms with E-state index in [1.54, 1.807) is 12.4 Å². The summed E-state index contributed by atoms with van der Waals surface area (Å²) in [4.78, 5) is 13.7. The topological polar surface area (TPSA) is 67.1 Å². The summed E-state index contributed by atoms with van der Waals surface area (Å²) in [5, 5.41) is 6.91. The van der Waals surface area contributed by atoms with Crippen LogP contribution in [0.4, 0.5) is 5.82 Å². The summed E-state index contributed by atoms with van der Waals surface area (Å²) in [6, 6.07) is 4.60. The van der Waals surface area contributed by atoms with Gasteiger partial charge >= 0.3 is 0 Å². The van der Waals surface area contributed by atoms with Crippen molar-refractivity contribution < 1.29 is 0 Å². The van der Waals surface area contributed by atoms with Crippen LogP contribution in [0, 0.1) is 0 Å². The van der Waals surface area contributed by atoms with E-state index in [4.69, 9.17) is 4.98 Å². The van der Waals surface area contributed by atoms with E-state index < -0.39 is 0 Å². The summed E-state index contributed by atoms with van der Waals surface area (Å²) < 4.78 is 2.10. The Balaban J connectivity index is 1.66. The zero-order valence-corrected chi connectivity index (χ0v) is 14.7. The van der Waals surface area contributed by atoms with Gasteiger partial charge in [-0.05, 0) is 36.9 Å². The molecule has 4 rings (SSSR count). The highest BCUT2D eigenvalue weighted by Crippen LogP contribution is 2.23. The first-order chi connectivity index (χ1) is 12.2. The number of hydrogen-bond acceptors (Lipinski definition) is 5. The predicted octanol–water partition coefficient (Wildman–Crippen LogP) is 3.08. The van der Waals surface area contributed by atoms with Gasteiger partial charge in [0.25, 0.3) is 0 Å². The van der Waals surface area contributed by atoms with E-state index >= 15 is 0 Å². The van der Waals surface area contributed by atoms with Gasteiger partial charge in [-0.1, -0.05) is 19.9 Å². The zero-order chi connectivity index (χ0) is 17.2. The Bertz CT molecular complexity index is 863. The summed E-state index contributed by atoms with van der Waals surface area (Å²) in [5.41, 5.74) is 4.01. The van der Waals surface area contributed by atoms with Crippen molar-refractivity contribution in [2.24, 2.45) is 0 Å². The van der Waals surface area contributed by atoms with E-state index in [1.165, 1.54) is 12.0 Å². The van der Waals surface area contributed by atoms with E-state index in [0.717, 1.165) is 42.4 Å². The number of imidazole rings is 1. The second-order valence-corrected chi connectivity index (χ2v) is 6.97. The van der Waals surface area contributed by atoms with Crippen molar-refractivity contribution in [3.8, 4) is 11.4 Å². The van der Waals surface area contributed by atoms with Gasteiger partial charge in [0, 0.05) is 18.8 Å². The van der Waals surface area contributed by atoms with Crippen molar-refractivity contribution in [2.45, 2.75) is 38.6 Å². The monoisotopic (exact) mass is 336 g/mol. The highest BCUT2D eigenvalue weighted by atomic mass is 15.1. The lowest BCUT2D eigenvalue weighted by atomic mass is 10.1. The number of piperidine rings is 1. The minimum absolute atomic E-state index is 0.410. The maximum atomic E-state index is 4.77. The molecule has 1 aliphatic rings. The molecule has 0 saturated carbocycles. The molecule has 1 atom stereocenters. The first kappa shape index (κ1) is 16.0. The predicted molar refractivity (Wildman–Crippen MR) is 99.8 cm³/mol. The molecule has 3 aromatic rings. The van der Waals surface area contributed by atoms with Crippen molar-refractivity contribution in [3.05, 3.63) is 42.5 Å². The van der Waals surface area contributed by atoms with Gasteiger partial charge in [-0.15, -0.1) is 0 Å². The molecular formula is C19H24N6. The molecular weight excluding hydrogens is 312 g/mol. The fraction of sp³-hybridized carbons (Fsp3) is 0.421. The van der Waals surface area contributed by atoms with Crippen LogP contribution in [-0.2, 0) is 0 Å². The van der Waals surface area contributed by atoms with Crippen LogP contribution in [-0.4, -0.2) is 38.5 Å². The smallest absolute Gasteiger partial charge is 0.145 e. The van der Waals surface area contributed by atoms with E-state index in [0.29, 0.717) is 12.0 Å². The zero-order valence-electron chi connectivity index (χ0n) is 14.7.